The van der Waals surface area contributed by atoms with Crippen LogP contribution in [0.15, 0.2) is 29.4 Å². The Hall–Kier alpha value is -1.17. The molecule has 0 heterocycles. The monoisotopic (exact) mass is 299 g/mol. The van der Waals surface area contributed by atoms with E-state index in [2.05, 4.69) is 15.8 Å². The van der Waals surface area contributed by atoms with E-state index in [1.165, 1.54) is 0 Å². The van der Waals surface area contributed by atoms with Crippen LogP contribution in [0.2, 0.25) is 5.02 Å². The number of rotatable bonds is 5. The number of benzene rings is 1. The molecule has 1 rings (SSSR count). The smallest absolute Gasteiger partial charge is 0.187 e. The van der Waals surface area contributed by atoms with Crippen molar-refractivity contribution in [1.29, 1.82) is 0 Å². The summed E-state index contributed by atoms with van der Waals surface area (Å²) in [4.78, 5) is 0. The average molecular weight is 300 g/mol. The van der Waals surface area contributed by atoms with E-state index in [9.17, 15) is 0 Å². The third-order valence-electron chi connectivity index (χ3n) is 2.36. The molecule has 6 heteroatoms. The molecule has 0 bridgehead atoms. The van der Waals surface area contributed by atoms with E-state index < -0.39 is 0 Å². The zero-order valence-corrected chi connectivity index (χ0v) is 12.8. The Morgan fingerprint density at radius 1 is 1.53 bits per heavy atom. The molecule has 0 aromatic heterocycles. The van der Waals surface area contributed by atoms with E-state index in [0.717, 1.165) is 11.3 Å². The third-order valence-corrected chi connectivity index (χ3v) is 2.81. The van der Waals surface area contributed by atoms with E-state index in [0.29, 0.717) is 16.7 Å². The first-order chi connectivity index (χ1) is 9.02. The quantitative estimate of drug-likeness (QED) is 0.498. The molecule has 4 nitrogen and oxygen atoms in total. The summed E-state index contributed by atoms with van der Waals surface area (Å²) in [5, 5.41) is 8.42. The highest BCUT2D eigenvalue weighted by Gasteiger charge is 2.03. The molecule has 1 atom stereocenters. The van der Waals surface area contributed by atoms with Gasteiger partial charge < -0.3 is 10.1 Å². The molecule has 0 saturated heterocycles. The largest absolute Gasteiger partial charge is 0.383 e. The van der Waals surface area contributed by atoms with Crippen LogP contribution in [0.5, 0.6) is 0 Å². The van der Waals surface area contributed by atoms with Gasteiger partial charge in [0.05, 0.1) is 12.3 Å². The minimum absolute atomic E-state index is 0.131. The van der Waals surface area contributed by atoms with Crippen molar-refractivity contribution in [2.24, 2.45) is 5.10 Å². The molecule has 1 aromatic carbocycles. The zero-order valence-electron chi connectivity index (χ0n) is 11.2. The Kier molecular flexibility index (Phi) is 6.77. The summed E-state index contributed by atoms with van der Waals surface area (Å²) in [6.07, 6.45) is 0. The van der Waals surface area contributed by atoms with Crippen LogP contribution in [0, 0.1) is 0 Å². The van der Waals surface area contributed by atoms with E-state index >= 15 is 0 Å². The second-order valence-corrected chi connectivity index (χ2v) is 4.99. The molecule has 0 radical (unpaired) electrons. The van der Waals surface area contributed by atoms with Crippen LogP contribution in [0.4, 0.5) is 0 Å². The van der Waals surface area contributed by atoms with Gasteiger partial charge in [-0.3, -0.25) is 5.43 Å². The van der Waals surface area contributed by atoms with Gasteiger partial charge in [0.15, 0.2) is 5.11 Å². The highest BCUT2D eigenvalue weighted by molar-refractivity contribution is 7.80. The lowest BCUT2D eigenvalue weighted by Gasteiger charge is -2.14. The molecule has 0 amide bonds. The molecular formula is C13H18ClN3OS. The second kappa shape index (κ2) is 8.09. The maximum Gasteiger partial charge on any atom is 0.187 e. The Bertz CT molecular complexity index is 465. The third kappa shape index (κ3) is 6.00. The molecule has 0 unspecified atom stereocenters. The van der Waals surface area contributed by atoms with Crippen molar-refractivity contribution in [1.82, 2.24) is 10.7 Å². The Labute approximate surface area is 124 Å². The predicted octanol–water partition coefficient (Wildman–Crippen LogP) is 2.56. The fourth-order valence-electron chi connectivity index (χ4n) is 1.46. The summed E-state index contributed by atoms with van der Waals surface area (Å²) in [5.74, 6) is 0. The first-order valence-electron chi connectivity index (χ1n) is 5.88. The van der Waals surface area contributed by atoms with Crippen LogP contribution >= 0.6 is 23.8 Å². The van der Waals surface area contributed by atoms with Crippen molar-refractivity contribution >= 4 is 34.6 Å². The normalized spacial score (nSPS) is 12.9. The van der Waals surface area contributed by atoms with Crippen LogP contribution < -0.4 is 10.7 Å². The van der Waals surface area contributed by atoms with Gasteiger partial charge in [-0.05, 0) is 43.8 Å². The van der Waals surface area contributed by atoms with Crippen molar-refractivity contribution in [2.45, 2.75) is 19.9 Å². The number of ether oxygens (including phenoxy) is 1. The number of hydrazone groups is 1. The van der Waals surface area contributed by atoms with Crippen LogP contribution in [-0.4, -0.2) is 30.6 Å². The first kappa shape index (κ1) is 15.9. The number of methoxy groups -OCH3 is 1. The lowest BCUT2D eigenvalue weighted by Crippen LogP contribution is -2.40. The highest BCUT2D eigenvalue weighted by Crippen LogP contribution is 2.11. The van der Waals surface area contributed by atoms with Crippen molar-refractivity contribution in [3.63, 3.8) is 0 Å². The molecule has 104 valence electrons. The van der Waals surface area contributed by atoms with Gasteiger partial charge in [-0.15, -0.1) is 0 Å². The Morgan fingerprint density at radius 3 is 2.89 bits per heavy atom. The molecule has 19 heavy (non-hydrogen) atoms. The number of hydrogen-bond acceptors (Lipinski definition) is 3. The van der Waals surface area contributed by atoms with Crippen molar-refractivity contribution in [3.05, 3.63) is 34.9 Å². The van der Waals surface area contributed by atoms with Crippen molar-refractivity contribution in [2.75, 3.05) is 13.7 Å². The minimum Gasteiger partial charge on any atom is -0.383 e. The average Bonchev–Trinajstić information content (AvgIpc) is 2.36. The van der Waals surface area contributed by atoms with Gasteiger partial charge in [0.1, 0.15) is 0 Å². The number of hydrogen-bond donors (Lipinski definition) is 2. The lowest BCUT2D eigenvalue weighted by atomic mass is 10.1. The number of thiocarbonyl (C=S) groups is 1. The van der Waals surface area contributed by atoms with Crippen LogP contribution in [0.3, 0.4) is 0 Å². The molecule has 0 fully saturated rings. The van der Waals surface area contributed by atoms with Crippen LogP contribution in [0.25, 0.3) is 0 Å². The van der Waals surface area contributed by atoms with Gasteiger partial charge in [-0.25, -0.2) is 0 Å². The number of nitrogens with zero attached hydrogens (tertiary/aromatic N) is 1. The topological polar surface area (TPSA) is 45.6 Å². The van der Waals surface area contributed by atoms with Gasteiger partial charge in [0, 0.05) is 18.2 Å². The number of nitrogens with one attached hydrogen (secondary N) is 2. The summed E-state index contributed by atoms with van der Waals surface area (Å²) < 4.78 is 5.01. The Balaban J connectivity index is 2.54. The molecule has 0 spiro atoms. The van der Waals surface area contributed by atoms with Gasteiger partial charge >= 0.3 is 0 Å². The molecule has 0 aliphatic heterocycles. The van der Waals surface area contributed by atoms with Gasteiger partial charge in [-0.2, -0.15) is 5.10 Å². The van der Waals surface area contributed by atoms with Gasteiger partial charge in [-0.1, -0.05) is 23.7 Å². The van der Waals surface area contributed by atoms with Crippen LogP contribution in [-0.2, 0) is 4.74 Å². The van der Waals surface area contributed by atoms with E-state index in [-0.39, 0.29) is 6.04 Å². The van der Waals surface area contributed by atoms with E-state index in [1.54, 1.807) is 7.11 Å². The molecule has 2 N–H and O–H groups in total. The second-order valence-electron chi connectivity index (χ2n) is 4.15. The van der Waals surface area contributed by atoms with Crippen molar-refractivity contribution in [3.8, 4) is 0 Å². The summed E-state index contributed by atoms with van der Waals surface area (Å²) in [6, 6.07) is 7.63. The standard InChI is InChI=1S/C13H18ClN3OS/c1-9(8-18-3)15-13(19)17-16-10(2)11-5-4-6-12(14)7-11/h4-7,9H,8H2,1-3H3,(H2,15,17,19)/b16-10-/t9-/m0/s1. The van der Waals surface area contributed by atoms with E-state index in [1.807, 2.05) is 38.1 Å². The minimum atomic E-state index is 0.131. The summed E-state index contributed by atoms with van der Waals surface area (Å²) in [7, 11) is 1.65. The fourth-order valence-corrected chi connectivity index (χ4v) is 1.90. The molecule has 1 aromatic rings. The molecule has 0 aliphatic carbocycles. The highest BCUT2D eigenvalue weighted by atomic mass is 35.5. The molecule has 0 saturated carbocycles. The van der Waals surface area contributed by atoms with Crippen LogP contribution in [0.1, 0.15) is 19.4 Å². The zero-order chi connectivity index (χ0) is 14.3. The SMILES string of the molecule is COC[C@H](C)NC(=S)N/N=C(/C)c1cccc(Cl)c1. The Morgan fingerprint density at radius 2 is 2.26 bits per heavy atom. The molecular weight excluding hydrogens is 282 g/mol. The summed E-state index contributed by atoms with van der Waals surface area (Å²) >= 11 is 11.1. The maximum absolute atomic E-state index is 5.93. The van der Waals surface area contributed by atoms with E-state index in [4.69, 9.17) is 28.6 Å². The molecule has 0 aliphatic rings. The fraction of sp³-hybridized carbons (Fsp3) is 0.385. The van der Waals surface area contributed by atoms with Crippen molar-refractivity contribution < 1.29 is 4.74 Å². The maximum atomic E-state index is 5.93. The number of halogens is 1. The summed E-state index contributed by atoms with van der Waals surface area (Å²) in [6.45, 7) is 4.45. The first-order valence-corrected chi connectivity index (χ1v) is 6.67. The van der Waals surface area contributed by atoms with Gasteiger partial charge in [0.25, 0.3) is 0 Å². The summed E-state index contributed by atoms with van der Waals surface area (Å²) in [5.41, 5.74) is 4.56. The lowest BCUT2D eigenvalue weighted by molar-refractivity contribution is 0.179. The van der Waals surface area contributed by atoms with Gasteiger partial charge in [0.2, 0.25) is 0 Å². The predicted molar refractivity (Wildman–Crippen MR) is 83.9 cm³/mol.